The normalized spacial score (nSPS) is 15.2. The Morgan fingerprint density at radius 2 is 1.77 bits per heavy atom. The lowest BCUT2D eigenvalue weighted by Gasteiger charge is -2.32. The van der Waals surface area contributed by atoms with Crippen LogP contribution in [0.2, 0.25) is 0 Å². The Labute approximate surface area is 177 Å². The number of nitrogens with one attached hydrogen (secondary N) is 1. The molecule has 3 rings (SSSR count). The van der Waals surface area contributed by atoms with Gasteiger partial charge >= 0.3 is 6.61 Å². The molecular formula is C20H21F3N2O5S. The average molecular weight is 458 g/mol. The van der Waals surface area contributed by atoms with Crippen molar-refractivity contribution in [1.29, 1.82) is 0 Å². The minimum Gasteiger partial charge on any atom is -0.493 e. The van der Waals surface area contributed by atoms with E-state index in [1.54, 1.807) is 0 Å². The van der Waals surface area contributed by atoms with Crippen molar-refractivity contribution in [2.24, 2.45) is 0 Å². The van der Waals surface area contributed by atoms with E-state index < -0.39 is 34.4 Å². The van der Waals surface area contributed by atoms with Crippen molar-refractivity contribution in [3.8, 4) is 11.5 Å². The summed E-state index contributed by atoms with van der Waals surface area (Å²) in [6.45, 7) is -2.71. The number of likely N-dealkylation sites (tertiary alicyclic amines) is 1. The molecule has 0 spiro atoms. The molecule has 0 radical (unpaired) electrons. The predicted molar refractivity (Wildman–Crippen MR) is 105 cm³/mol. The van der Waals surface area contributed by atoms with Crippen molar-refractivity contribution in [1.82, 2.24) is 9.62 Å². The number of carbonyl (C=O) groups excluding carboxylic acids is 1. The maximum absolute atomic E-state index is 13.0. The van der Waals surface area contributed by atoms with E-state index >= 15 is 0 Å². The van der Waals surface area contributed by atoms with Crippen LogP contribution in [-0.4, -0.2) is 52.1 Å². The van der Waals surface area contributed by atoms with Crippen molar-refractivity contribution in [3.05, 3.63) is 53.8 Å². The first-order valence-corrected chi connectivity index (χ1v) is 10.9. The molecule has 1 N–H and O–H groups in total. The van der Waals surface area contributed by atoms with Gasteiger partial charge in [-0.1, -0.05) is 6.07 Å². The Kier molecular flexibility index (Phi) is 7.06. The molecular weight excluding hydrogens is 437 g/mol. The van der Waals surface area contributed by atoms with Crippen LogP contribution < -0.4 is 14.2 Å². The molecule has 1 heterocycles. The second-order valence-corrected chi connectivity index (χ2v) is 8.57. The molecule has 0 saturated carbocycles. The van der Waals surface area contributed by atoms with Crippen LogP contribution in [0.4, 0.5) is 13.2 Å². The first-order chi connectivity index (χ1) is 14.7. The maximum Gasteiger partial charge on any atom is 0.387 e. The number of halogens is 3. The molecule has 1 aliphatic rings. The van der Waals surface area contributed by atoms with Crippen LogP contribution in [0, 0.1) is 5.82 Å². The first kappa shape index (κ1) is 22.9. The summed E-state index contributed by atoms with van der Waals surface area (Å²) in [5.41, 5.74) is -0.0648. The fraction of sp³-hybridized carbons (Fsp3) is 0.350. The zero-order valence-corrected chi connectivity index (χ0v) is 17.4. The third-order valence-electron chi connectivity index (χ3n) is 4.86. The Balaban J connectivity index is 1.67. The molecule has 31 heavy (non-hydrogen) atoms. The number of amides is 1. The van der Waals surface area contributed by atoms with Crippen LogP contribution in [0.25, 0.3) is 0 Å². The van der Waals surface area contributed by atoms with Gasteiger partial charge in [0, 0.05) is 19.1 Å². The van der Waals surface area contributed by atoms with Gasteiger partial charge in [0.05, 0.1) is 17.6 Å². The topological polar surface area (TPSA) is 84.9 Å². The van der Waals surface area contributed by atoms with Crippen LogP contribution in [0.15, 0.2) is 47.4 Å². The average Bonchev–Trinajstić information content (AvgIpc) is 2.73. The molecule has 0 aromatic heterocycles. The molecule has 168 valence electrons. The summed E-state index contributed by atoms with van der Waals surface area (Å²) in [4.78, 5) is 14.3. The highest BCUT2D eigenvalue weighted by atomic mass is 32.2. The first-order valence-electron chi connectivity index (χ1n) is 9.40. The fourth-order valence-electron chi connectivity index (χ4n) is 3.33. The number of alkyl halides is 2. The lowest BCUT2D eigenvalue weighted by Crippen LogP contribution is -2.46. The molecule has 7 nitrogen and oxygen atoms in total. The standard InChI is InChI=1S/C20H21F3N2O5S/c1-29-17-4-2-3-16(18(17)30-20(22)23)19(26)25-11-9-14(10-12-25)24-31(27,28)15-7-5-13(21)6-8-15/h2-8,14,20,24H,9-12H2,1H3. The molecule has 1 amide bonds. The van der Waals surface area contributed by atoms with E-state index in [1.165, 1.54) is 42.3 Å². The number of piperidine rings is 1. The Morgan fingerprint density at radius 3 is 2.35 bits per heavy atom. The number of ether oxygens (including phenoxy) is 2. The van der Waals surface area contributed by atoms with E-state index in [-0.39, 0.29) is 35.0 Å². The number of nitrogens with zero attached hydrogens (tertiary/aromatic N) is 1. The van der Waals surface area contributed by atoms with Gasteiger partial charge in [0.25, 0.3) is 5.91 Å². The molecule has 0 aliphatic carbocycles. The van der Waals surface area contributed by atoms with E-state index in [9.17, 15) is 26.4 Å². The molecule has 0 atom stereocenters. The Hall–Kier alpha value is -2.79. The number of hydrogen-bond donors (Lipinski definition) is 1. The summed E-state index contributed by atoms with van der Waals surface area (Å²) in [5.74, 6) is -1.40. The summed E-state index contributed by atoms with van der Waals surface area (Å²) in [6.07, 6.45) is 0.641. The van der Waals surface area contributed by atoms with Gasteiger partial charge < -0.3 is 14.4 Å². The predicted octanol–water partition coefficient (Wildman–Crippen LogP) is 3.02. The maximum atomic E-state index is 13.0. The third-order valence-corrected chi connectivity index (χ3v) is 6.40. The van der Waals surface area contributed by atoms with Crippen molar-refractivity contribution in [3.63, 3.8) is 0 Å². The fourth-order valence-corrected chi connectivity index (χ4v) is 4.63. The summed E-state index contributed by atoms with van der Waals surface area (Å²) in [7, 11) is -2.56. The van der Waals surface area contributed by atoms with Crippen LogP contribution in [0.5, 0.6) is 11.5 Å². The summed E-state index contributed by atoms with van der Waals surface area (Å²) in [5, 5.41) is 0. The molecule has 11 heteroatoms. The van der Waals surface area contributed by atoms with Gasteiger partial charge in [0.15, 0.2) is 11.5 Å². The second-order valence-electron chi connectivity index (χ2n) is 6.86. The van der Waals surface area contributed by atoms with Gasteiger partial charge in [-0.15, -0.1) is 0 Å². The smallest absolute Gasteiger partial charge is 0.387 e. The van der Waals surface area contributed by atoms with E-state index in [2.05, 4.69) is 9.46 Å². The summed E-state index contributed by atoms with van der Waals surface area (Å²) in [6, 6.07) is 8.30. The number of benzene rings is 2. The minimum absolute atomic E-state index is 0.00749. The van der Waals surface area contributed by atoms with E-state index in [1.807, 2.05) is 0 Å². The Bertz CT molecular complexity index is 1020. The highest BCUT2D eigenvalue weighted by Crippen LogP contribution is 2.33. The van der Waals surface area contributed by atoms with Crippen LogP contribution >= 0.6 is 0 Å². The largest absolute Gasteiger partial charge is 0.493 e. The second kappa shape index (κ2) is 9.56. The number of rotatable bonds is 7. The van der Waals surface area contributed by atoms with E-state index in [0.29, 0.717) is 12.8 Å². The number of hydrogen-bond acceptors (Lipinski definition) is 5. The Morgan fingerprint density at radius 1 is 1.13 bits per heavy atom. The summed E-state index contributed by atoms with van der Waals surface area (Å²) >= 11 is 0. The molecule has 2 aromatic rings. The van der Waals surface area contributed by atoms with Gasteiger partial charge in [0.1, 0.15) is 5.82 Å². The molecule has 0 bridgehead atoms. The van der Waals surface area contributed by atoms with Crippen LogP contribution in [-0.2, 0) is 10.0 Å². The summed E-state index contributed by atoms with van der Waals surface area (Å²) < 4.78 is 75.6. The minimum atomic E-state index is -3.84. The van der Waals surface area contributed by atoms with E-state index in [0.717, 1.165) is 12.1 Å². The van der Waals surface area contributed by atoms with Gasteiger partial charge in [-0.2, -0.15) is 8.78 Å². The van der Waals surface area contributed by atoms with Crippen molar-refractivity contribution in [2.45, 2.75) is 30.4 Å². The quantitative estimate of drug-likeness (QED) is 0.690. The number of methoxy groups -OCH3 is 1. The molecule has 0 unspecified atom stereocenters. The van der Waals surface area contributed by atoms with E-state index in [4.69, 9.17) is 4.74 Å². The molecule has 1 saturated heterocycles. The van der Waals surface area contributed by atoms with Crippen LogP contribution in [0.1, 0.15) is 23.2 Å². The van der Waals surface area contributed by atoms with Gasteiger partial charge in [-0.3, -0.25) is 4.79 Å². The number of para-hydroxylation sites is 1. The zero-order chi connectivity index (χ0) is 22.6. The zero-order valence-electron chi connectivity index (χ0n) is 16.6. The SMILES string of the molecule is COc1cccc(C(=O)N2CCC(NS(=O)(=O)c3ccc(F)cc3)CC2)c1OC(F)F. The number of carbonyl (C=O) groups is 1. The highest BCUT2D eigenvalue weighted by molar-refractivity contribution is 7.89. The molecule has 1 aliphatic heterocycles. The van der Waals surface area contributed by atoms with Crippen molar-refractivity contribution in [2.75, 3.05) is 20.2 Å². The lowest BCUT2D eigenvalue weighted by molar-refractivity contribution is -0.0516. The lowest BCUT2D eigenvalue weighted by atomic mass is 10.0. The van der Waals surface area contributed by atoms with Crippen molar-refractivity contribution < 1.29 is 35.9 Å². The van der Waals surface area contributed by atoms with Gasteiger partial charge in [-0.25, -0.2) is 17.5 Å². The van der Waals surface area contributed by atoms with Gasteiger partial charge in [0.2, 0.25) is 10.0 Å². The third kappa shape index (κ3) is 5.47. The molecule has 1 fully saturated rings. The highest BCUT2D eigenvalue weighted by Gasteiger charge is 2.29. The molecule has 2 aromatic carbocycles. The van der Waals surface area contributed by atoms with Crippen LogP contribution in [0.3, 0.4) is 0 Å². The number of sulfonamides is 1. The van der Waals surface area contributed by atoms with Gasteiger partial charge in [-0.05, 0) is 49.2 Å². The van der Waals surface area contributed by atoms with Crippen molar-refractivity contribution >= 4 is 15.9 Å². The monoisotopic (exact) mass is 458 g/mol.